The third kappa shape index (κ3) is 4.78. The summed E-state index contributed by atoms with van der Waals surface area (Å²) in [4.78, 5) is 10.6. The average Bonchev–Trinajstić information content (AvgIpc) is 2.28. The van der Waals surface area contributed by atoms with E-state index in [9.17, 15) is 13.2 Å². The SMILES string of the molecule is O=C(O)CCCCCS(=O)(=O)c1ccccc1Br. The highest BCUT2D eigenvalue weighted by atomic mass is 79.9. The first-order valence-corrected chi connectivity index (χ1v) is 8.07. The number of sulfone groups is 1. The maximum atomic E-state index is 12.0. The monoisotopic (exact) mass is 334 g/mol. The van der Waals surface area contributed by atoms with Crippen LogP contribution in [-0.2, 0) is 14.6 Å². The predicted octanol–water partition coefficient (Wildman–Crippen LogP) is 2.87. The summed E-state index contributed by atoms with van der Waals surface area (Å²) < 4.78 is 24.6. The number of hydrogen-bond donors (Lipinski definition) is 1. The summed E-state index contributed by atoms with van der Waals surface area (Å²) in [6.07, 6.45) is 1.70. The van der Waals surface area contributed by atoms with E-state index in [0.717, 1.165) is 0 Å². The van der Waals surface area contributed by atoms with E-state index in [1.165, 1.54) is 0 Å². The summed E-state index contributed by atoms with van der Waals surface area (Å²) in [6.45, 7) is 0. The number of rotatable bonds is 7. The lowest BCUT2D eigenvalue weighted by molar-refractivity contribution is -0.137. The van der Waals surface area contributed by atoms with Gasteiger partial charge in [0.2, 0.25) is 0 Å². The van der Waals surface area contributed by atoms with Crippen molar-refractivity contribution in [3.63, 3.8) is 0 Å². The van der Waals surface area contributed by atoms with Crippen molar-refractivity contribution in [1.82, 2.24) is 0 Å². The lowest BCUT2D eigenvalue weighted by Gasteiger charge is -2.06. The van der Waals surface area contributed by atoms with Crippen LogP contribution in [0, 0.1) is 0 Å². The van der Waals surface area contributed by atoms with Gasteiger partial charge in [-0.2, -0.15) is 0 Å². The number of unbranched alkanes of at least 4 members (excludes halogenated alkanes) is 2. The summed E-state index contributed by atoms with van der Waals surface area (Å²) in [5.74, 6) is -0.793. The third-order valence-corrected chi connectivity index (χ3v) is 5.28. The number of halogens is 1. The molecule has 100 valence electrons. The molecule has 0 aliphatic heterocycles. The quantitative estimate of drug-likeness (QED) is 0.778. The van der Waals surface area contributed by atoms with Crippen molar-refractivity contribution in [3.05, 3.63) is 28.7 Å². The second kappa shape index (κ2) is 6.89. The van der Waals surface area contributed by atoms with Gasteiger partial charge in [-0.3, -0.25) is 4.79 Å². The standard InChI is InChI=1S/C12H15BrO4S/c13-10-6-3-4-7-11(10)18(16,17)9-5-1-2-8-12(14)15/h3-4,6-7H,1-2,5,8-9H2,(H,14,15). The molecule has 0 aliphatic rings. The highest BCUT2D eigenvalue weighted by Crippen LogP contribution is 2.23. The summed E-state index contributed by atoms with van der Waals surface area (Å²) in [6, 6.07) is 6.70. The molecule has 0 amide bonds. The van der Waals surface area contributed by atoms with Crippen molar-refractivity contribution in [2.45, 2.75) is 30.6 Å². The van der Waals surface area contributed by atoms with Crippen LogP contribution in [0.4, 0.5) is 0 Å². The van der Waals surface area contributed by atoms with Crippen LogP contribution < -0.4 is 0 Å². The number of carboxylic acids is 1. The Morgan fingerprint density at radius 2 is 1.83 bits per heavy atom. The Morgan fingerprint density at radius 3 is 2.44 bits per heavy atom. The van der Waals surface area contributed by atoms with E-state index in [4.69, 9.17) is 5.11 Å². The Balaban J connectivity index is 2.51. The topological polar surface area (TPSA) is 71.4 Å². The van der Waals surface area contributed by atoms with Gasteiger partial charge in [0, 0.05) is 10.9 Å². The first-order valence-electron chi connectivity index (χ1n) is 5.62. The van der Waals surface area contributed by atoms with Crippen LogP contribution in [0.2, 0.25) is 0 Å². The smallest absolute Gasteiger partial charge is 0.303 e. The molecule has 0 bridgehead atoms. The highest BCUT2D eigenvalue weighted by Gasteiger charge is 2.16. The van der Waals surface area contributed by atoms with E-state index >= 15 is 0 Å². The van der Waals surface area contributed by atoms with E-state index in [2.05, 4.69) is 15.9 Å². The molecular weight excluding hydrogens is 320 g/mol. The van der Waals surface area contributed by atoms with Crippen LogP contribution in [0.5, 0.6) is 0 Å². The summed E-state index contributed by atoms with van der Waals surface area (Å²) in [5, 5.41) is 8.46. The third-order valence-electron chi connectivity index (χ3n) is 2.48. The van der Waals surface area contributed by atoms with Gasteiger partial charge in [0.05, 0.1) is 10.6 Å². The first-order chi connectivity index (χ1) is 8.43. The fourth-order valence-electron chi connectivity index (χ4n) is 1.55. The number of carboxylic acid groups (broad SMARTS) is 1. The molecule has 1 aromatic rings. The van der Waals surface area contributed by atoms with Gasteiger partial charge in [0.25, 0.3) is 0 Å². The number of benzene rings is 1. The van der Waals surface area contributed by atoms with Crippen molar-refractivity contribution >= 4 is 31.7 Å². The van der Waals surface area contributed by atoms with Crippen LogP contribution in [-0.4, -0.2) is 25.2 Å². The van der Waals surface area contributed by atoms with Gasteiger partial charge in [-0.05, 0) is 40.9 Å². The molecular formula is C12H15BrO4S. The zero-order valence-electron chi connectivity index (χ0n) is 9.80. The molecule has 18 heavy (non-hydrogen) atoms. The number of aliphatic carboxylic acids is 1. The molecule has 1 aromatic carbocycles. The Morgan fingerprint density at radius 1 is 1.17 bits per heavy atom. The van der Waals surface area contributed by atoms with Crippen LogP contribution in [0.1, 0.15) is 25.7 Å². The minimum atomic E-state index is -3.29. The molecule has 0 unspecified atom stereocenters. The lowest BCUT2D eigenvalue weighted by atomic mass is 10.2. The first kappa shape index (κ1) is 15.2. The van der Waals surface area contributed by atoms with E-state index in [1.54, 1.807) is 24.3 Å². The molecule has 0 saturated carbocycles. The van der Waals surface area contributed by atoms with Gasteiger partial charge in [0.1, 0.15) is 0 Å². The number of hydrogen-bond acceptors (Lipinski definition) is 3. The Labute approximate surface area is 115 Å². The minimum absolute atomic E-state index is 0.0508. The second-order valence-electron chi connectivity index (χ2n) is 3.95. The Hall–Kier alpha value is -0.880. The number of carbonyl (C=O) groups is 1. The molecule has 4 nitrogen and oxygen atoms in total. The van der Waals surface area contributed by atoms with Crippen LogP contribution >= 0.6 is 15.9 Å². The van der Waals surface area contributed by atoms with Crippen molar-refractivity contribution in [3.8, 4) is 0 Å². The fourth-order valence-corrected chi connectivity index (χ4v) is 4.03. The molecule has 1 N–H and O–H groups in total. The van der Waals surface area contributed by atoms with Gasteiger partial charge in [-0.15, -0.1) is 0 Å². The van der Waals surface area contributed by atoms with Crippen LogP contribution in [0.25, 0.3) is 0 Å². The molecule has 0 aromatic heterocycles. The fraction of sp³-hybridized carbons (Fsp3) is 0.417. The average molecular weight is 335 g/mol. The van der Waals surface area contributed by atoms with E-state index in [1.807, 2.05) is 0 Å². The normalized spacial score (nSPS) is 11.4. The van der Waals surface area contributed by atoms with Gasteiger partial charge >= 0.3 is 5.97 Å². The maximum Gasteiger partial charge on any atom is 0.303 e. The Bertz CT molecular complexity index is 511. The summed E-state index contributed by atoms with van der Waals surface area (Å²) in [5.41, 5.74) is 0. The summed E-state index contributed by atoms with van der Waals surface area (Å²) in [7, 11) is -3.29. The minimum Gasteiger partial charge on any atom is -0.481 e. The molecule has 0 fully saturated rings. The van der Waals surface area contributed by atoms with Crippen molar-refractivity contribution in [2.75, 3.05) is 5.75 Å². The van der Waals surface area contributed by atoms with Gasteiger partial charge in [0.15, 0.2) is 9.84 Å². The molecule has 0 saturated heterocycles. The van der Waals surface area contributed by atoms with Crippen LogP contribution in [0.3, 0.4) is 0 Å². The largest absolute Gasteiger partial charge is 0.481 e. The van der Waals surface area contributed by atoms with E-state index in [-0.39, 0.29) is 12.2 Å². The van der Waals surface area contributed by atoms with Gasteiger partial charge in [-0.25, -0.2) is 8.42 Å². The van der Waals surface area contributed by atoms with Crippen molar-refractivity contribution < 1.29 is 18.3 Å². The Kier molecular flexibility index (Phi) is 5.81. The predicted molar refractivity (Wildman–Crippen MR) is 72.3 cm³/mol. The van der Waals surface area contributed by atoms with Gasteiger partial charge < -0.3 is 5.11 Å². The van der Waals surface area contributed by atoms with Crippen LogP contribution in [0.15, 0.2) is 33.6 Å². The second-order valence-corrected chi connectivity index (χ2v) is 6.89. The molecule has 0 atom stereocenters. The molecule has 0 aliphatic carbocycles. The van der Waals surface area contributed by atoms with E-state index < -0.39 is 15.8 Å². The van der Waals surface area contributed by atoms with E-state index in [0.29, 0.717) is 28.6 Å². The highest BCUT2D eigenvalue weighted by molar-refractivity contribution is 9.10. The zero-order valence-corrected chi connectivity index (χ0v) is 12.2. The van der Waals surface area contributed by atoms with Gasteiger partial charge in [-0.1, -0.05) is 18.6 Å². The lowest BCUT2D eigenvalue weighted by Crippen LogP contribution is -2.07. The summed E-state index contributed by atoms with van der Waals surface area (Å²) >= 11 is 3.22. The zero-order chi connectivity index (χ0) is 13.6. The van der Waals surface area contributed by atoms with Crippen molar-refractivity contribution in [2.24, 2.45) is 0 Å². The molecule has 0 heterocycles. The maximum absolute atomic E-state index is 12.0. The van der Waals surface area contributed by atoms with Crippen molar-refractivity contribution in [1.29, 1.82) is 0 Å². The molecule has 0 spiro atoms. The molecule has 1 rings (SSSR count). The molecule has 6 heteroatoms. The molecule has 0 radical (unpaired) electrons.